The summed E-state index contributed by atoms with van der Waals surface area (Å²) in [5.74, 6) is -0.220. The van der Waals surface area contributed by atoms with E-state index < -0.39 is 0 Å². The minimum absolute atomic E-state index is 0.220. The van der Waals surface area contributed by atoms with Crippen molar-refractivity contribution in [1.29, 1.82) is 0 Å². The van der Waals surface area contributed by atoms with Crippen LogP contribution in [0.4, 0.5) is 11.4 Å². The molecule has 1 aliphatic heterocycles. The molecule has 4 rings (SSSR count). The maximum absolute atomic E-state index is 13.0. The van der Waals surface area contributed by atoms with E-state index >= 15 is 0 Å². The summed E-state index contributed by atoms with van der Waals surface area (Å²) in [7, 11) is 0. The fourth-order valence-corrected chi connectivity index (χ4v) is 3.67. The summed E-state index contributed by atoms with van der Waals surface area (Å²) in [6, 6.07) is 11.0. The monoisotopic (exact) mass is 417 g/mol. The number of aromatic nitrogens is 2. The topological polar surface area (TPSA) is 67.1 Å². The molecule has 2 heterocycles. The van der Waals surface area contributed by atoms with Crippen LogP contribution in [0.15, 0.2) is 45.7 Å². The van der Waals surface area contributed by atoms with Crippen LogP contribution in [0.2, 0.25) is 5.02 Å². The second kappa shape index (κ2) is 5.89. The van der Waals surface area contributed by atoms with Crippen molar-refractivity contribution >= 4 is 38.9 Å². The molecule has 0 amide bonds. The van der Waals surface area contributed by atoms with Gasteiger partial charge in [-0.1, -0.05) is 33.6 Å². The van der Waals surface area contributed by atoms with Crippen molar-refractivity contribution in [1.82, 2.24) is 9.78 Å². The normalized spacial score (nSPS) is 12.3. The van der Waals surface area contributed by atoms with Crippen LogP contribution in [-0.2, 0) is 6.42 Å². The molecule has 0 spiro atoms. The number of anilines is 2. The standard InChI is InChI=1S/C18H13BrClN3O2/c1-9-6-11(19)3-5-15(9)23-18(25)13-7-10-2-4-12(20)8-14(10)21-16(13)17(24)22-23/h2-6,8,21H,7H2,1H3,(H,22,24). The molecule has 3 aromatic rings. The number of aryl methyl sites for hydroxylation is 1. The van der Waals surface area contributed by atoms with Gasteiger partial charge in [0.25, 0.3) is 11.4 Å². The van der Waals surface area contributed by atoms with Crippen molar-refractivity contribution < 1.29 is 5.11 Å². The zero-order valence-electron chi connectivity index (χ0n) is 13.2. The number of aromatic hydroxyl groups is 1. The Labute approximate surface area is 157 Å². The molecule has 0 bridgehead atoms. The van der Waals surface area contributed by atoms with E-state index in [1.165, 1.54) is 4.68 Å². The van der Waals surface area contributed by atoms with Crippen LogP contribution in [0.25, 0.3) is 5.69 Å². The number of nitrogens with one attached hydrogen (secondary N) is 1. The highest BCUT2D eigenvalue weighted by Crippen LogP contribution is 2.36. The Kier molecular flexibility index (Phi) is 3.81. The Balaban J connectivity index is 1.90. The second-order valence-corrected chi connectivity index (χ2v) is 7.28. The van der Waals surface area contributed by atoms with Crippen LogP contribution < -0.4 is 10.9 Å². The van der Waals surface area contributed by atoms with Crippen molar-refractivity contribution in [3.05, 3.63) is 72.9 Å². The highest BCUT2D eigenvalue weighted by molar-refractivity contribution is 9.10. The molecule has 0 radical (unpaired) electrons. The van der Waals surface area contributed by atoms with Gasteiger partial charge in [-0.2, -0.15) is 4.68 Å². The van der Waals surface area contributed by atoms with Gasteiger partial charge in [0.1, 0.15) is 5.69 Å². The summed E-state index contributed by atoms with van der Waals surface area (Å²) in [4.78, 5) is 13.0. The van der Waals surface area contributed by atoms with Gasteiger partial charge in [0.05, 0.1) is 11.3 Å². The Hall–Kier alpha value is -2.31. The van der Waals surface area contributed by atoms with E-state index in [9.17, 15) is 9.90 Å². The summed E-state index contributed by atoms with van der Waals surface area (Å²) < 4.78 is 2.16. The van der Waals surface area contributed by atoms with Crippen LogP contribution in [0, 0.1) is 6.92 Å². The van der Waals surface area contributed by atoms with Crippen molar-refractivity contribution in [2.45, 2.75) is 13.3 Å². The fourth-order valence-electron chi connectivity index (χ4n) is 3.02. The van der Waals surface area contributed by atoms with E-state index in [1.807, 2.05) is 25.1 Å². The predicted molar refractivity (Wildman–Crippen MR) is 101 cm³/mol. The van der Waals surface area contributed by atoms with Gasteiger partial charge in [0.2, 0.25) is 0 Å². The molecule has 0 saturated carbocycles. The molecule has 126 valence electrons. The summed E-state index contributed by atoms with van der Waals surface area (Å²) in [6.07, 6.45) is 0.402. The summed E-state index contributed by atoms with van der Waals surface area (Å²) in [6.45, 7) is 1.89. The van der Waals surface area contributed by atoms with E-state index in [0.29, 0.717) is 28.4 Å². The average molecular weight is 419 g/mol. The van der Waals surface area contributed by atoms with Gasteiger partial charge >= 0.3 is 0 Å². The van der Waals surface area contributed by atoms with Gasteiger partial charge in [-0.05, 0) is 48.4 Å². The first-order valence-electron chi connectivity index (χ1n) is 7.61. The number of hydrogen-bond acceptors (Lipinski definition) is 4. The summed E-state index contributed by atoms with van der Waals surface area (Å²) >= 11 is 9.43. The Bertz CT molecular complexity index is 1080. The predicted octanol–water partition coefficient (Wildman–Crippen LogP) is 4.31. The second-order valence-electron chi connectivity index (χ2n) is 5.93. The zero-order valence-corrected chi connectivity index (χ0v) is 15.5. The maximum Gasteiger partial charge on any atom is 0.277 e. The third-order valence-electron chi connectivity index (χ3n) is 4.26. The van der Waals surface area contributed by atoms with Crippen molar-refractivity contribution in [2.24, 2.45) is 0 Å². The van der Waals surface area contributed by atoms with Gasteiger partial charge < -0.3 is 10.4 Å². The molecule has 0 atom stereocenters. The molecular weight excluding hydrogens is 406 g/mol. The third kappa shape index (κ3) is 2.71. The van der Waals surface area contributed by atoms with Crippen LogP contribution >= 0.6 is 27.5 Å². The third-order valence-corrected chi connectivity index (χ3v) is 4.98. The lowest BCUT2D eigenvalue weighted by Crippen LogP contribution is -2.28. The molecule has 0 aliphatic carbocycles. The van der Waals surface area contributed by atoms with Crippen LogP contribution in [0.1, 0.15) is 16.7 Å². The number of nitrogens with zero attached hydrogens (tertiary/aromatic N) is 2. The number of rotatable bonds is 1. The highest BCUT2D eigenvalue weighted by Gasteiger charge is 2.24. The van der Waals surface area contributed by atoms with E-state index in [0.717, 1.165) is 21.3 Å². The largest absolute Gasteiger partial charge is 0.491 e. The van der Waals surface area contributed by atoms with Gasteiger partial charge in [-0.15, -0.1) is 5.10 Å². The molecule has 7 heteroatoms. The Morgan fingerprint density at radius 3 is 2.84 bits per heavy atom. The molecular formula is C18H13BrClN3O2. The lowest BCUT2D eigenvalue weighted by Gasteiger charge is -2.22. The minimum atomic E-state index is -0.258. The number of halogens is 2. The van der Waals surface area contributed by atoms with Gasteiger partial charge in [-0.25, -0.2) is 0 Å². The first-order valence-corrected chi connectivity index (χ1v) is 8.78. The smallest absolute Gasteiger partial charge is 0.277 e. The Morgan fingerprint density at radius 1 is 1.28 bits per heavy atom. The molecule has 25 heavy (non-hydrogen) atoms. The Morgan fingerprint density at radius 2 is 2.08 bits per heavy atom. The van der Waals surface area contributed by atoms with Crippen molar-refractivity contribution in [3.63, 3.8) is 0 Å². The quantitative estimate of drug-likeness (QED) is 0.483. The number of hydrogen-bond donors (Lipinski definition) is 2. The minimum Gasteiger partial charge on any atom is -0.491 e. The van der Waals surface area contributed by atoms with E-state index in [-0.39, 0.29) is 11.4 Å². The maximum atomic E-state index is 13.0. The van der Waals surface area contributed by atoms with Crippen molar-refractivity contribution in [3.8, 4) is 11.6 Å². The van der Waals surface area contributed by atoms with E-state index in [1.54, 1.807) is 18.2 Å². The molecule has 2 N–H and O–H groups in total. The lowest BCUT2D eigenvalue weighted by molar-refractivity contribution is 0.437. The zero-order chi connectivity index (χ0) is 17.7. The van der Waals surface area contributed by atoms with Gasteiger partial charge in [-0.3, -0.25) is 4.79 Å². The average Bonchev–Trinajstić information content (AvgIpc) is 2.57. The molecule has 0 saturated heterocycles. The van der Waals surface area contributed by atoms with E-state index in [2.05, 4.69) is 26.3 Å². The van der Waals surface area contributed by atoms with Gasteiger partial charge in [0.15, 0.2) is 0 Å². The van der Waals surface area contributed by atoms with Crippen LogP contribution in [0.3, 0.4) is 0 Å². The van der Waals surface area contributed by atoms with Crippen LogP contribution in [-0.4, -0.2) is 14.9 Å². The molecule has 2 aromatic carbocycles. The lowest BCUT2D eigenvalue weighted by atomic mass is 9.99. The molecule has 0 fully saturated rings. The van der Waals surface area contributed by atoms with Gasteiger partial charge in [0, 0.05) is 21.6 Å². The molecule has 5 nitrogen and oxygen atoms in total. The van der Waals surface area contributed by atoms with E-state index in [4.69, 9.17) is 11.6 Å². The molecule has 0 unspecified atom stereocenters. The number of fused-ring (bicyclic) bond motifs is 2. The first kappa shape index (κ1) is 16.2. The first-order chi connectivity index (χ1) is 11.9. The SMILES string of the molecule is Cc1cc(Br)ccc1-n1nc(O)c2c(c1=O)Cc1ccc(Cl)cc1N2. The van der Waals surface area contributed by atoms with Crippen molar-refractivity contribution in [2.75, 3.05) is 5.32 Å². The molecule has 1 aromatic heterocycles. The van der Waals surface area contributed by atoms with Crippen LogP contribution in [0.5, 0.6) is 5.88 Å². The number of benzene rings is 2. The molecule has 1 aliphatic rings. The summed E-state index contributed by atoms with van der Waals surface area (Å²) in [5.41, 5.74) is 3.78. The highest BCUT2D eigenvalue weighted by atomic mass is 79.9. The fraction of sp³-hybridized carbons (Fsp3) is 0.111. The summed E-state index contributed by atoms with van der Waals surface area (Å²) in [5, 5.41) is 18.1.